The number of nitrogens with one attached hydrogen (secondary N) is 1. The van der Waals surface area contributed by atoms with Gasteiger partial charge in [-0.25, -0.2) is 9.97 Å². The fourth-order valence-corrected chi connectivity index (χ4v) is 2.71. The van der Waals surface area contributed by atoms with Crippen LogP contribution >= 0.6 is 11.3 Å². The van der Waals surface area contributed by atoms with E-state index in [-0.39, 0.29) is 5.71 Å². The highest BCUT2D eigenvalue weighted by atomic mass is 32.1. The Labute approximate surface area is 130 Å². The molecule has 7 heteroatoms. The van der Waals surface area contributed by atoms with Crippen LogP contribution in [0.4, 0.5) is 5.69 Å². The van der Waals surface area contributed by atoms with E-state index in [1.54, 1.807) is 24.4 Å². The van der Waals surface area contributed by atoms with Crippen molar-refractivity contribution < 1.29 is 0 Å². The van der Waals surface area contributed by atoms with E-state index in [0.717, 1.165) is 20.9 Å². The smallest absolute Gasteiger partial charge is 0.237 e. The Morgan fingerprint density at radius 1 is 1.18 bits per heavy atom. The lowest BCUT2D eigenvalue weighted by molar-refractivity contribution is 1.33. The molecule has 0 fully saturated rings. The molecule has 104 valence electrons. The van der Waals surface area contributed by atoms with Crippen LogP contribution in [0.15, 0.2) is 47.7 Å². The fourth-order valence-electron chi connectivity index (χ4n) is 1.81. The van der Waals surface area contributed by atoms with E-state index in [1.807, 2.05) is 30.3 Å². The number of rotatable bonds is 3. The van der Waals surface area contributed by atoms with E-state index < -0.39 is 0 Å². The summed E-state index contributed by atoms with van der Waals surface area (Å²) >= 11 is 1.50. The Morgan fingerprint density at radius 2 is 2.05 bits per heavy atom. The van der Waals surface area contributed by atoms with Crippen LogP contribution in [0.3, 0.4) is 0 Å². The molecule has 22 heavy (non-hydrogen) atoms. The number of benzene rings is 1. The highest BCUT2D eigenvalue weighted by Crippen LogP contribution is 2.30. The lowest BCUT2D eigenvalue weighted by atomic mass is 10.2. The number of aromatic nitrogens is 2. The lowest BCUT2D eigenvalue weighted by Crippen LogP contribution is -1.96. The molecule has 0 saturated carbocycles. The van der Waals surface area contributed by atoms with Crippen LogP contribution in [-0.2, 0) is 0 Å². The first-order valence-electron chi connectivity index (χ1n) is 6.26. The number of hydrogen-bond acceptors (Lipinski definition) is 7. The van der Waals surface area contributed by atoms with Gasteiger partial charge in [0.25, 0.3) is 0 Å². The zero-order valence-electron chi connectivity index (χ0n) is 11.2. The Morgan fingerprint density at radius 3 is 2.82 bits per heavy atom. The van der Waals surface area contributed by atoms with Gasteiger partial charge >= 0.3 is 0 Å². The zero-order chi connectivity index (χ0) is 15.4. The van der Waals surface area contributed by atoms with E-state index in [2.05, 4.69) is 20.5 Å². The maximum Gasteiger partial charge on any atom is 0.237 e. The van der Waals surface area contributed by atoms with Gasteiger partial charge in [0.05, 0.1) is 5.69 Å². The summed E-state index contributed by atoms with van der Waals surface area (Å²) in [5.41, 5.74) is 4.91. The Hall–Kier alpha value is -3.29. The molecular formula is C15H8N6S. The van der Waals surface area contributed by atoms with Crippen molar-refractivity contribution >= 4 is 33.1 Å². The second kappa shape index (κ2) is 6.00. The fraction of sp³-hybridized carbons (Fsp3) is 0. The molecule has 1 N–H and O–H groups in total. The van der Waals surface area contributed by atoms with Gasteiger partial charge in [0.15, 0.2) is 0 Å². The third-order valence-corrected chi connectivity index (χ3v) is 3.81. The van der Waals surface area contributed by atoms with Crippen molar-refractivity contribution in [2.24, 2.45) is 5.10 Å². The molecule has 3 aromatic rings. The Bertz CT molecular complexity index is 895. The van der Waals surface area contributed by atoms with Gasteiger partial charge < -0.3 is 0 Å². The van der Waals surface area contributed by atoms with Crippen molar-refractivity contribution in [1.82, 2.24) is 9.97 Å². The van der Waals surface area contributed by atoms with Gasteiger partial charge in [-0.1, -0.05) is 23.5 Å². The summed E-state index contributed by atoms with van der Waals surface area (Å²) in [4.78, 5) is 9.70. The third kappa shape index (κ3) is 2.75. The van der Waals surface area contributed by atoms with Crippen molar-refractivity contribution in [2.45, 2.75) is 0 Å². The largest absolute Gasteiger partial charge is 0.276 e. The van der Waals surface area contributed by atoms with Crippen LogP contribution in [0.25, 0.3) is 20.9 Å². The molecule has 0 bridgehead atoms. The van der Waals surface area contributed by atoms with Crippen LogP contribution in [0.1, 0.15) is 0 Å². The molecule has 0 saturated heterocycles. The topological polar surface area (TPSA) is 97.8 Å². The first kappa shape index (κ1) is 13.7. The molecule has 0 aliphatic carbocycles. The number of thiazole rings is 1. The van der Waals surface area contributed by atoms with Gasteiger partial charge in [0.1, 0.15) is 27.5 Å². The molecule has 0 aliphatic rings. The molecule has 0 radical (unpaired) electrons. The van der Waals surface area contributed by atoms with Crippen LogP contribution < -0.4 is 5.43 Å². The summed E-state index contributed by atoms with van der Waals surface area (Å²) < 4.78 is 0. The van der Waals surface area contributed by atoms with E-state index in [9.17, 15) is 0 Å². The summed E-state index contributed by atoms with van der Waals surface area (Å²) in [5, 5.41) is 21.9. The minimum absolute atomic E-state index is 0.227. The standard InChI is InChI=1S/C15H8N6S/c16-8-12(9-17)21-20-11-4-1-3-10(7-11)14-19-13-5-2-6-18-15(13)22-14/h1-7,20H. The van der Waals surface area contributed by atoms with Crippen molar-refractivity contribution in [1.29, 1.82) is 10.5 Å². The molecule has 0 aliphatic heterocycles. The maximum absolute atomic E-state index is 8.66. The summed E-state index contributed by atoms with van der Waals surface area (Å²) in [6.07, 6.45) is 1.74. The molecule has 0 spiro atoms. The molecule has 2 heterocycles. The van der Waals surface area contributed by atoms with Crippen LogP contribution in [0, 0.1) is 22.7 Å². The summed E-state index contributed by atoms with van der Waals surface area (Å²) in [6.45, 7) is 0. The van der Waals surface area contributed by atoms with Crippen LogP contribution in [-0.4, -0.2) is 15.7 Å². The van der Waals surface area contributed by atoms with E-state index in [4.69, 9.17) is 10.5 Å². The monoisotopic (exact) mass is 304 g/mol. The third-order valence-electron chi connectivity index (χ3n) is 2.78. The van der Waals surface area contributed by atoms with E-state index in [0.29, 0.717) is 5.69 Å². The minimum Gasteiger partial charge on any atom is -0.276 e. The van der Waals surface area contributed by atoms with Crippen molar-refractivity contribution in [3.63, 3.8) is 0 Å². The molecule has 6 nitrogen and oxygen atoms in total. The predicted octanol–water partition coefficient (Wildman–Crippen LogP) is 3.17. The van der Waals surface area contributed by atoms with Gasteiger partial charge in [-0.05, 0) is 24.3 Å². The highest BCUT2D eigenvalue weighted by molar-refractivity contribution is 7.21. The van der Waals surface area contributed by atoms with Crippen molar-refractivity contribution in [3.8, 4) is 22.7 Å². The molecule has 0 unspecified atom stereocenters. The van der Waals surface area contributed by atoms with Gasteiger partial charge in [-0.2, -0.15) is 15.6 Å². The Kier molecular flexibility index (Phi) is 3.73. The van der Waals surface area contributed by atoms with Crippen LogP contribution in [0.2, 0.25) is 0 Å². The maximum atomic E-state index is 8.66. The summed E-state index contributed by atoms with van der Waals surface area (Å²) in [6, 6.07) is 14.6. The average molecular weight is 304 g/mol. The molecule has 1 aromatic carbocycles. The number of nitriles is 2. The second-order valence-electron chi connectivity index (χ2n) is 4.22. The number of nitrogens with zero attached hydrogens (tertiary/aromatic N) is 5. The molecular weight excluding hydrogens is 296 g/mol. The molecule has 2 aromatic heterocycles. The van der Waals surface area contributed by atoms with Gasteiger partial charge in [0, 0.05) is 11.8 Å². The summed E-state index contributed by atoms with van der Waals surface area (Å²) in [5.74, 6) is 0. The molecule has 3 rings (SSSR count). The van der Waals surface area contributed by atoms with E-state index >= 15 is 0 Å². The zero-order valence-corrected chi connectivity index (χ0v) is 12.0. The van der Waals surface area contributed by atoms with Crippen LogP contribution in [0.5, 0.6) is 0 Å². The SMILES string of the molecule is N#CC(C#N)=NNc1cccc(-c2nc3cccnc3s2)c1. The quantitative estimate of drug-likeness (QED) is 0.592. The lowest BCUT2D eigenvalue weighted by Gasteiger charge is -2.01. The minimum atomic E-state index is -0.227. The number of hydrogen-bond donors (Lipinski definition) is 1. The van der Waals surface area contributed by atoms with E-state index in [1.165, 1.54) is 11.3 Å². The van der Waals surface area contributed by atoms with Crippen molar-refractivity contribution in [2.75, 3.05) is 5.43 Å². The highest BCUT2D eigenvalue weighted by Gasteiger charge is 2.07. The average Bonchev–Trinajstić information content (AvgIpc) is 3.00. The first-order valence-corrected chi connectivity index (χ1v) is 7.07. The van der Waals surface area contributed by atoms with Gasteiger partial charge in [-0.15, -0.1) is 0 Å². The van der Waals surface area contributed by atoms with Crippen molar-refractivity contribution in [3.05, 3.63) is 42.6 Å². The Balaban J connectivity index is 1.93. The number of hydrazone groups is 1. The second-order valence-corrected chi connectivity index (χ2v) is 5.20. The number of anilines is 1. The number of fused-ring (bicyclic) bond motifs is 1. The molecule has 0 atom stereocenters. The molecule has 0 amide bonds. The van der Waals surface area contributed by atoms with Gasteiger partial charge in [0.2, 0.25) is 5.71 Å². The predicted molar refractivity (Wildman–Crippen MR) is 85.1 cm³/mol. The van der Waals surface area contributed by atoms with Gasteiger partial charge in [-0.3, -0.25) is 5.43 Å². The normalized spacial score (nSPS) is 9.73. The number of pyridine rings is 1. The summed E-state index contributed by atoms with van der Waals surface area (Å²) in [7, 11) is 0. The first-order chi connectivity index (χ1) is 10.8.